The highest BCUT2D eigenvalue weighted by Gasteiger charge is 2.10. The molecule has 1 aliphatic heterocycles. The maximum absolute atomic E-state index is 5.39. The predicted molar refractivity (Wildman–Crippen MR) is 37.1 cm³/mol. The lowest BCUT2D eigenvalue weighted by Crippen LogP contribution is -2.14. The highest BCUT2D eigenvalue weighted by Crippen LogP contribution is 2.21. The summed E-state index contributed by atoms with van der Waals surface area (Å²) < 4.78 is 5.39. The summed E-state index contributed by atoms with van der Waals surface area (Å²) in [5, 5.41) is 0. The average molecular weight is 132 g/mol. The van der Waals surface area contributed by atoms with Crippen LogP contribution in [0.4, 0.5) is 0 Å². The van der Waals surface area contributed by atoms with Gasteiger partial charge in [0.1, 0.15) is 5.44 Å². The van der Waals surface area contributed by atoms with Crippen LogP contribution in [0.15, 0.2) is 0 Å². The quantitative estimate of drug-likeness (QED) is 0.538. The van der Waals surface area contributed by atoms with Crippen molar-refractivity contribution in [1.82, 2.24) is 0 Å². The molecule has 0 aromatic rings. The maximum Gasteiger partial charge on any atom is 0.102 e. The SMILES string of the molecule is CC[C@H]1OCCCS1. The first kappa shape index (κ1) is 6.43. The second kappa shape index (κ2) is 3.36. The Morgan fingerprint density at radius 1 is 1.75 bits per heavy atom. The van der Waals surface area contributed by atoms with Gasteiger partial charge < -0.3 is 4.74 Å². The summed E-state index contributed by atoms with van der Waals surface area (Å²) in [5.74, 6) is 1.29. The Morgan fingerprint density at radius 2 is 2.62 bits per heavy atom. The van der Waals surface area contributed by atoms with Crippen LogP contribution in [0.2, 0.25) is 0 Å². The Labute approximate surface area is 54.8 Å². The zero-order valence-electron chi connectivity index (χ0n) is 5.22. The Bertz CT molecular complexity index is 59.5. The minimum Gasteiger partial charge on any atom is -0.368 e. The minimum atomic E-state index is 0.503. The number of rotatable bonds is 1. The first-order valence-electron chi connectivity index (χ1n) is 3.16. The largest absolute Gasteiger partial charge is 0.368 e. The van der Waals surface area contributed by atoms with Crippen molar-refractivity contribution >= 4 is 11.8 Å². The van der Waals surface area contributed by atoms with Gasteiger partial charge in [0.15, 0.2) is 0 Å². The molecular weight excluding hydrogens is 120 g/mol. The predicted octanol–water partition coefficient (Wildman–Crippen LogP) is 1.88. The van der Waals surface area contributed by atoms with Crippen molar-refractivity contribution < 1.29 is 4.74 Å². The van der Waals surface area contributed by atoms with Crippen LogP contribution >= 0.6 is 11.8 Å². The zero-order valence-corrected chi connectivity index (χ0v) is 6.04. The summed E-state index contributed by atoms with van der Waals surface area (Å²) in [6.45, 7) is 3.15. The average Bonchev–Trinajstić information content (AvgIpc) is 1.90. The van der Waals surface area contributed by atoms with E-state index in [1.54, 1.807) is 0 Å². The van der Waals surface area contributed by atoms with E-state index in [0.717, 1.165) is 13.0 Å². The number of ether oxygens (including phenoxy) is 1. The van der Waals surface area contributed by atoms with Gasteiger partial charge in [0.2, 0.25) is 0 Å². The van der Waals surface area contributed by atoms with Crippen molar-refractivity contribution in [1.29, 1.82) is 0 Å². The standard InChI is InChI=1S/C6H12OS/c1-2-6-7-4-3-5-8-6/h6H,2-5H2,1H3/t6-/m0/s1. The summed E-state index contributed by atoms with van der Waals surface area (Å²) in [6, 6.07) is 0. The molecule has 1 aliphatic rings. The molecule has 1 saturated heterocycles. The van der Waals surface area contributed by atoms with E-state index in [4.69, 9.17) is 4.74 Å². The summed E-state index contributed by atoms with van der Waals surface area (Å²) in [5.41, 5.74) is 0.503. The monoisotopic (exact) mass is 132 g/mol. The van der Waals surface area contributed by atoms with Crippen molar-refractivity contribution in [3.8, 4) is 0 Å². The topological polar surface area (TPSA) is 9.23 Å². The number of hydrogen-bond donors (Lipinski definition) is 0. The van der Waals surface area contributed by atoms with Crippen molar-refractivity contribution in [3.05, 3.63) is 0 Å². The maximum atomic E-state index is 5.39. The van der Waals surface area contributed by atoms with Crippen LogP contribution in [-0.4, -0.2) is 17.8 Å². The molecular formula is C6H12OS. The second-order valence-electron chi connectivity index (χ2n) is 1.93. The second-order valence-corrected chi connectivity index (χ2v) is 3.20. The molecule has 0 amide bonds. The lowest BCUT2D eigenvalue weighted by Gasteiger charge is -2.19. The molecule has 8 heavy (non-hydrogen) atoms. The zero-order chi connectivity index (χ0) is 5.82. The van der Waals surface area contributed by atoms with E-state index < -0.39 is 0 Å². The van der Waals surface area contributed by atoms with E-state index in [-0.39, 0.29) is 0 Å². The summed E-state index contributed by atoms with van der Waals surface area (Å²) >= 11 is 1.94. The van der Waals surface area contributed by atoms with Crippen LogP contribution < -0.4 is 0 Å². The fraction of sp³-hybridized carbons (Fsp3) is 1.00. The summed E-state index contributed by atoms with van der Waals surface area (Å²) in [6.07, 6.45) is 2.39. The van der Waals surface area contributed by atoms with E-state index >= 15 is 0 Å². The van der Waals surface area contributed by atoms with Crippen LogP contribution in [0.25, 0.3) is 0 Å². The third kappa shape index (κ3) is 1.67. The van der Waals surface area contributed by atoms with E-state index in [0.29, 0.717) is 5.44 Å². The molecule has 0 bridgehead atoms. The van der Waals surface area contributed by atoms with Gasteiger partial charge in [-0.3, -0.25) is 0 Å². The minimum absolute atomic E-state index is 0.503. The molecule has 1 rings (SSSR count). The molecule has 0 N–H and O–H groups in total. The van der Waals surface area contributed by atoms with Crippen LogP contribution in [0.3, 0.4) is 0 Å². The number of thioether (sulfide) groups is 1. The van der Waals surface area contributed by atoms with Crippen LogP contribution in [0.5, 0.6) is 0 Å². The van der Waals surface area contributed by atoms with Gasteiger partial charge in [-0.15, -0.1) is 11.8 Å². The van der Waals surface area contributed by atoms with E-state index in [9.17, 15) is 0 Å². The van der Waals surface area contributed by atoms with E-state index in [1.165, 1.54) is 12.2 Å². The fourth-order valence-electron chi connectivity index (χ4n) is 0.772. The van der Waals surface area contributed by atoms with E-state index in [1.807, 2.05) is 11.8 Å². The van der Waals surface area contributed by atoms with Gasteiger partial charge in [-0.1, -0.05) is 6.92 Å². The third-order valence-corrected chi connectivity index (χ3v) is 2.60. The van der Waals surface area contributed by atoms with Crippen LogP contribution in [0, 0.1) is 0 Å². The lowest BCUT2D eigenvalue weighted by atomic mass is 10.5. The normalized spacial score (nSPS) is 30.4. The molecule has 1 atom stereocenters. The first-order chi connectivity index (χ1) is 3.93. The summed E-state index contributed by atoms with van der Waals surface area (Å²) in [7, 11) is 0. The van der Waals surface area contributed by atoms with Crippen molar-refractivity contribution in [2.45, 2.75) is 25.2 Å². The van der Waals surface area contributed by atoms with Crippen molar-refractivity contribution in [3.63, 3.8) is 0 Å². The molecule has 0 radical (unpaired) electrons. The smallest absolute Gasteiger partial charge is 0.102 e. The van der Waals surface area contributed by atoms with Crippen molar-refractivity contribution in [2.24, 2.45) is 0 Å². The van der Waals surface area contributed by atoms with Crippen molar-refractivity contribution in [2.75, 3.05) is 12.4 Å². The Balaban J connectivity index is 2.13. The van der Waals surface area contributed by atoms with Gasteiger partial charge in [-0.05, 0) is 18.6 Å². The highest BCUT2D eigenvalue weighted by molar-refractivity contribution is 7.99. The van der Waals surface area contributed by atoms with Gasteiger partial charge in [0.25, 0.3) is 0 Å². The Hall–Kier alpha value is 0.310. The van der Waals surface area contributed by atoms with Gasteiger partial charge in [-0.2, -0.15) is 0 Å². The molecule has 0 aliphatic carbocycles. The fourth-order valence-corrected chi connectivity index (χ4v) is 1.75. The van der Waals surface area contributed by atoms with Crippen LogP contribution in [0.1, 0.15) is 19.8 Å². The molecule has 0 unspecified atom stereocenters. The molecule has 0 aromatic carbocycles. The molecule has 0 spiro atoms. The molecule has 0 saturated carbocycles. The lowest BCUT2D eigenvalue weighted by molar-refractivity contribution is 0.104. The van der Waals surface area contributed by atoms with Gasteiger partial charge >= 0.3 is 0 Å². The van der Waals surface area contributed by atoms with E-state index in [2.05, 4.69) is 6.92 Å². The molecule has 1 nitrogen and oxygen atoms in total. The third-order valence-electron chi connectivity index (χ3n) is 1.23. The molecule has 2 heteroatoms. The molecule has 48 valence electrons. The molecule has 0 aromatic heterocycles. The molecule has 1 heterocycles. The first-order valence-corrected chi connectivity index (χ1v) is 4.21. The highest BCUT2D eigenvalue weighted by atomic mass is 32.2. The summed E-state index contributed by atoms with van der Waals surface area (Å²) in [4.78, 5) is 0. The van der Waals surface area contributed by atoms with Gasteiger partial charge in [0, 0.05) is 6.61 Å². The van der Waals surface area contributed by atoms with Crippen LogP contribution in [-0.2, 0) is 4.74 Å². The molecule has 1 fully saturated rings. The Kier molecular flexibility index (Phi) is 2.70. The van der Waals surface area contributed by atoms with Gasteiger partial charge in [-0.25, -0.2) is 0 Å². The number of hydrogen-bond acceptors (Lipinski definition) is 2. The van der Waals surface area contributed by atoms with Gasteiger partial charge in [0.05, 0.1) is 0 Å². The Morgan fingerprint density at radius 3 is 3.00 bits per heavy atom.